The first-order chi connectivity index (χ1) is 20.4. The molecule has 0 saturated heterocycles. The van der Waals surface area contributed by atoms with Gasteiger partial charge in [0.15, 0.2) is 17.8 Å². The number of carbonyl (C=O) groups is 3. The second-order valence-electron chi connectivity index (χ2n) is 11.4. The number of aliphatic imine (C=N–C) groups is 1. The van der Waals surface area contributed by atoms with E-state index in [0.717, 1.165) is 38.5 Å². The van der Waals surface area contributed by atoms with Crippen LogP contribution in [-0.2, 0) is 28.6 Å². The summed E-state index contributed by atoms with van der Waals surface area (Å²) >= 11 is 0. The Hall–Kier alpha value is -2.16. The Labute approximate surface area is 256 Å². The molecule has 0 bridgehead atoms. The Kier molecular flexibility index (Phi) is 28.7. The monoisotopic (exact) mass is 597 g/mol. The van der Waals surface area contributed by atoms with E-state index in [-0.39, 0.29) is 49.9 Å². The van der Waals surface area contributed by atoms with Crippen molar-refractivity contribution in [2.45, 2.75) is 161 Å². The van der Waals surface area contributed by atoms with E-state index >= 15 is 0 Å². The minimum absolute atomic E-state index is 0.00174. The van der Waals surface area contributed by atoms with E-state index in [1.54, 1.807) is 0 Å². The molecule has 0 aromatic carbocycles. The third-order valence-corrected chi connectivity index (χ3v) is 7.17. The van der Waals surface area contributed by atoms with Gasteiger partial charge in [-0.1, -0.05) is 117 Å². The van der Waals surface area contributed by atoms with E-state index < -0.39 is 6.10 Å². The number of carbonyl (C=O) groups excluding carboxylic acids is 3. The molecule has 9 nitrogen and oxygen atoms in total. The summed E-state index contributed by atoms with van der Waals surface area (Å²) < 4.78 is 16.5. The number of ketones is 1. The van der Waals surface area contributed by atoms with Gasteiger partial charge >= 0.3 is 11.9 Å². The molecule has 0 radical (unpaired) electrons. The molecule has 0 aliphatic carbocycles. The van der Waals surface area contributed by atoms with Crippen LogP contribution < -0.4 is 11.5 Å². The number of guanidine groups is 1. The lowest BCUT2D eigenvalue weighted by molar-refractivity contribution is -0.163. The highest BCUT2D eigenvalue weighted by molar-refractivity contribution is 5.79. The number of nitrogens with two attached hydrogens (primary N) is 2. The van der Waals surface area contributed by atoms with Crippen molar-refractivity contribution < 1.29 is 28.6 Å². The summed E-state index contributed by atoms with van der Waals surface area (Å²) in [5.74, 6) is -0.722. The fourth-order valence-corrected chi connectivity index (χ4v) is 4.64. The van der Waals surface area contributed by atoms with E-state index in [2.05, 4.69) is 18.8 Å². The first kappa shape index (κ1) is 39.8. The van der Waals surface area contributed by atoms with E-state index in [4.69, 9.17) is 25.7 Å². The summed E-state index contributed by atoms with van der Waals surface area (Å²) in [5, 5.41) is 0. The molecule has 0 saturated carbocycles. The molecule has 0 amide bonds. The lowest BCUT2D eigenvalue weighted by Gasteiger charge is -2.18. The van der Waals surface area contributed by atoms with E-state index in [0.29, 0.717) is 25.8 Å². The van der Waals surface area contributed by atoms with Crippen LogP contribution >= 0.6 is 0 Å². The highest BCUT2D eigenvalue weighted by atomic mass is 16.6. The fraction of sp³-hybridized carbons (Fsp3) is 0.879. The van der Waals surface area contributed by atoms with Gasteiger partial charge < -0.3 is 25.7 Å². The van der Waals surface area contributed by atoms with Crippen LogP contribution in [0.3, 0.4) is 0 Å². The smallest absolute Gasteiger partial charge is 0.306 e. The van der Waals surface area contributed by atoms with Gasteiger partial charge in [0.05, 0.1) is 6.61 Å². The number of rotatable bonds is 31. The van der Waals surface area contributed by atoms with Gasteiger partial charge in [-0.3, -0.25) is 19.4 Å². The van der Waals surface area contributed by atoms with E-state index in [1.165, 1.54) is 77.0 Å². The number of hydrogen-bond acceptors (Lipinski definition) is 7. The molecule has 0 heterocycles. The Morgan fingerprint density at radius 2 is 1.07 bits per heavy atom. The summed E-state index contributed by atoms with van der Waals surface area (Å²) in [7, 11) is 0. The average molecular weight is 598 g/mol. The van der Waals surface area contributed by atoms with Crippen molar-refractivity contribution >= 4 is 23.7 Å². The van der Waals surface area contributed by atoms with Gasteiger partial charge in [0, 0.05) is 25.8 Å². The van der Waals surface area contributed by atoms with Crippen molar-refractivity contribution in [1.82, 2.24) is 0 Å². The van der Waals surface area contributed by atoms with Crippen LogP contribution in [0, 0.1) is 0 Å². The second kappa shape index (κ2) is 30.3. The molecule has 9 heteroatoms. The third-order valence-electron chi connectivity index (χ3n) is 7.17. The zero-order valence-electron chi connectivity index (χ0n) is 27.0. The zero-order valence-corrected chi connectivity index (χ0v) is 27.0. The molecule has 246 valence electrons. The molecule has 0 fully saturated rings. The quantitative estimate of drug-likeness (QED) is 0.0379. The standard InChI is InChI=1S/C33H63N3O6/c1-3-5-7-9-11-13-15-17-19-23-31(38)41-28-30(27-40-26-29(37)22-21-25-36-33(34)35)42-32(39)24-20-18-16-14-12-10-8-6-4-2/h30H,3-28H2,1-2H3,(H4,34,35,36)/t30-/m1/s1. The maximum absolute atomic E-state index is 12.5. The molecule has 0 spiro atoms. The van der Waals surface area contributed by atoms with E-state index in [1.807, 2.05) is 0 Å². The molecule has 0 rings (SSSR count). The van der Waals surface area contributed by atoms with Crippen molar-refractivity contribution in [3.8, 4) is 0 Å². The van der Waals surface area contributed by atoms with Crippen LogP contribution in [0.1, 0.15) is 155 Å². The predicted octanol–water partition coefficient (Wildman–Crippen LogP) is 6.92. The Balaban J connectivity index is 4.36. The summed E-state index contributed by atoms with van der Waals surface area (Å²) in [4.78, 5) is 40.7. The maximum Gasteiger partial charge on any atom is 0.306 e. The number of nitrogens with zero attached hydrogens (tertiary/aromatic N) is 1. The van der Waals surface area contributed by atoms with Gasteiger partial charge in [0.2, 0.25) is 0 Å². The van der Waals surface area contributed by atoms with Crippen molar-refractivity contribution in [3.63, 3.8) is 0 Å². The van der Waals surface area contributed by atoms with Crippen molar-refractivity contribution in [2.75, 3.05) is 26.4 Å². The minimum atomic E-state index is -0.738. The molecule has 42 heavy (non-hydrogen) atoms. The Morgan fingerprint density at radius 1 is 0.595 bits per heavy atom. The first-order valence-corrected chi connectivity index (χ1v) is 16.9. The summed E-state index contributed by atoms with van der Waals surface area (Å²) in [6, 6.07) is 0. The molecule has 0 aromatic heterocycles. The molecule has 4 N–H and O–H groups in total. The van der Waals surface area contributed by atoms with Crippen LogP contribution in [0.2, 0.25) is 0 Å². The second-order valence-corrected chi connectivity index (χ2v) is 11.4. The normalized spacial score (nSPS) is 11.7. The summed E-state index contributed by atoms with van der Waals surface area (Å²) in [6.45, 7) is 4.63. The van der Waals surface area contributed by atoms with Gasteiger partial charge in [-0.05, 0) is 19.3 Å². The molecular formula is C33H63N3O6. The predicted molar refractivity (Wildman–Crippen MR) is 170 cm³/mol. The number of esters is 2. The Morgan fingerprint density at radius 3 is 1.57 bits per heavy atom. The number of unbranched alkanes of at least 4 members (excludes halogenated alkanes) is 16. The average Bonchev–Trinajstić information content (AvgIpc) is 2.96. The lowest BCUT2D eigenvalue weighted by Crippen LogP contribution is -2.30. The summed E-state index contributed by atoms with van der Waals surface area (Å²) in [5.41, 5.74) is 10.6. The summed E-state index contributed by atoms with van der Waals surface area (Å²) in [6.07, 6.45) is 21.8. The van der Waals surface area contributed by atoms with Gasteiger partial charge in [0.25, 0.3) is 0 Å². The van der Waals surface area contributed by atoms with Gasteiger partial charge in [-0.15, -0.1) is 0 Å². The van der Waals surface area contributed by atoms with E-state index in [9.17, 15) is 14.4 Å². The van der Waals surface area contributed by atoms with Crippen molar-refractivity contribution in [3.05, 3.63) is 0 Å². The Bertz CT molecular complexity index is 697. The fourth-order valence-electron chi connectivity index (χ4n) is 4.64. The minimum Gasteiger partial charge on any atom is -0.462 e. The molecule has 1 atom stereocenters. The number of hydrogen-bond donors (Lipinski definition) is 2. The number of Topliss-reactive ketones (excluding diaryl/α,β-unsaturated/α-hetero) is 1. The topological polar surface area (TPSA) is 143 Å². The van der Waals surface area contributed by atoms with Crippen molar-refractivity contribution in [2.24, 2.45) is 16.5 Å². The van der Waals surface area contributed by atoms with Crippen LogP contribution in [0.25, 0.3) is 0 Å². The molecule has 0 aliphatic rings. The van der Waals surface area contributed by atoms with Crippen LogP contribution in [0.5, 0.6) is 0 Å². The number of ether oxygens (including phenoxy) is 3. The van der Waals surface area contributed by atoms with Crippen molar-refractivity contribution in [1.29, 1.82) is 0 Å². The van der Waals surface area contributed by atoms with Crippen LogP contribution in [-0.4, -0.2) is 56.2 Å². The molecule has 0 aliphatic heterocycles. The van der Waals surface area contributed by atoms with Gasteiger partial charge in [-0.2, -0.15) is 0 Å². The SMILES string of the molecule is CCCCCCCCCCCC(=O)OC[C@@H](COCC(=O)CCCN=C(N)N)OC(=O)CCCCCCCCCCC. The van der Waals surface area contributed by atoms with Gasteiger partial charge in [-0.25, -0.2) is 0 Å². The zero-order chi connectivity index (χ0) is 31.1. The third kappa shape index (κ3) is 29.3. The molecule has 0 unspecified atom stereocenters. The highest BCUT2D eigenvalue weighted by Crippen LogP contribution is 2.13. The first-order valence-electron chi connectivity index (χ1n) is 16.9. The molecular weight excluding hydrogens is 534 g/mol. The van der Waals surface area contributed by atoms with Gasteiger partial charge in [0.1, 0.15) is 13.2 Å². The van der Waals surface area contributed by atoms with Crippen LogP contribution in [0.4, 0.5) is 0 Å². The maximum atomic E-state index is 12.5. The lowest BCUT2D eigenvalue weighted by atomic mass is 10.1. The highest BCUT2D eigenvalue weighted by Gasteiger charge is 2.18. The van der Waals surface area contributed by atoms with Crippen LogP contribution in [0.15, 0.2) is 4.99 Å². The molecule has 0 aromatic rings. The largest absolute Gasteiger partial charge is 0.462 e.